The van der Waals surface area contributed by atoms with Gasteiger partial charge < -0.3 is 9.84 Å². The van der Waals surface area contributed by atoms with Gasteiger partial charge >= 0.3 is 5.97 Å². The molecule has 0 amide bonds. The summed E-state index contributed by atoms with van der Waals surface area (Å²) in [4.78, 5) is 11.1. The number of hydrogen-bond donors (Lipinski definition) is 1. The minimum Gasteiger partial charge on any atom is -0.469 e. The van der Waals surface area contributed by atoms with E-state index in [4.69, 9.17) is 11.6 Å². The number of aryl methyl sites for hydroxylation is 2. The molecule has 4 heteroatoms. The van der Waals surface area contributed by atoms with Crippen molar-refractivity contribution in [2.45, 2.75) is 38.2 Å². The monoisotopic (exact) mass is 346 g/mol. The van der Waals surface area contributed by atoms with Crippen LogP contribution in [0.15, 0.2) is 48.5 Å². The molecule has 3 nitrogen and oxygen atoms in total. The Morgan fingerprint density at radius 2 is 1.62 bits per heavy atom. The van der Waals surface area contributed by atoms with Crippen LogP contribution in [-0.2, 0) is 22.4 Å². The van der Waals surface area contributed by atoms with E-state index in [1.807, 2.05) is 48.5 Å². The molecule has 1 unspecified atom stereocenters. The molecule has 0 aliphatic heterocycles. The summed E-state index contributed by atoms with van der Waals surface area (Å²) in [6.07, 6.45) is 3.02. The number of ether oxygens (including phenoxy) is 1. The van der Waals surface area contributed by atoms with Gasteiger partial charge in [0.2, 0.25) is 0 Å². The minimum absolute atomic E-state index is 0.177. The fraction of sp³-hybridized carbons (Fsp3) is 0.350. The maximum Gasteiger partial charge on any atom is 0.305 e. The second kappa shape index (κ2) is 9.45. The first-order chi connectivity index (χ1) is 11.6. The number of aliphatic hydroxyl groups excluding tert-OH is 1. The number of aliphatic hydroxyl groups is 1. The van der Waals surface area contributed by atoms with Crippen LogP contribution < -0.4 is 0 Å². The summed E-state index contributed by atoms with van der Waals surface area (Å²) in [5.74, 6) is -0.177. The molecule has 2 aromatic rings. The van der Waals surface area contributed by atoms with Crippen molar-refractivity contribution in [3.05, 3.63) is 70.2 Å². The van der Waals surface area contributed by atoms with Gasteiger partial charge in [-0.25, -0.2) is 0 Å². The lowest BCUT2D eigenvalue weighted by atomic mass is 9.99. The number of rotatable bonds is 8. The van der Waals surface area contributed by atoms with Crippen molar-refractivity contribution >= 4 is 17.6 Å². The van der Waals surface area contributed by atoms with Gasteiger partial charge in [0.25, 0.3) is 0 Å². The van der Waals surface area contributed by atoms with Crippen LogP contribution in [0.2, 0.25) is 5.02 Å². The zero-order valence-corrected chi connectivity index (χ0v) is 14.6. The average Bonchev–Trinajstić information content (AvgIpc) is 2.61. The lowest BCUT2D eigenvalue weighted by Gasteiger charge is -2.12. The van der Waals surface area contributed by atoms with Gasteiger partial charge in [-0.2, -0.15) is 0 Å². The maximum atomic E-state index is 11.1. The van der Waals surface area contributed by atoms with E-state index in [1.54, 1.807) is 0 Å². The van der Waals surface area contributed by atoms with Gasteiger partial charge in [-0.15, -0.1) is 0 Å². The normalized spacial score (nSPS) is 12.0. The highest BCUT2D eigenvalue weighted by molar-refractivity contribution is 6.30. The van der Waals surface area contributed by atoms with E-state index in [0.29, 0.717) is 12.8 Å². The molecule has 128 valence electrons. The molecule has 2 aromatic carbocycles. The molecule has 0 aromatic heterocycles. The summed E-state index contributed by atoms with van der Waals surface area (Å²) in [5.41, 5.74) is 3.24. The Kier molecular flexibility index (Phi) is 7.29. The highest BCUT2D eigenvalue weighted by Gasteiger charge is 2.08. The summed E-state index contributed by atoms with van der Waals surface area (Å²) in [7, 11) is 1.41. The first-order valence-corrected chi connectivity index (χ1v) is 8.54. The molecule has 2 rings (SSSR count). The van der Waals surface area contributed by atoms with Crippen LogP contribution in [0, 0.1) is 0 Å². The molecule has 0 aliphatic carbocycles. The van der Waals surface area contributed by atoms with Crippen molar-refractivity contribution in [2.24, 2.45) is 0 Å². The van der Waals surface area contributed by atoms with Gasteiger partial charge in [0.1, 0.15) is 0 Å². The van der Waals surface area contributed by atoms with Gasteiger partial charge in [-0.1, -0.05) is 48.0 Å². The smallest absolute Gasteiger partial charge is 0.305 e. The molecule has 0 heterocycles. The zero-order valence-electron chi connectivity index (χ0n) is 13.9. The van der Waals surface area contributed by atoms with Crippen LogP contribution in [0.3, 0.4) is 0 Å². The van der Waals surface area contributed by atoms with Crippen molar-refractivity contribution in [1.82, 2.24) is 0 Å². The predicted molar refractivity (Wildman–Crippen MR) is 96.1 cm³/mol. The molecule has 0 saturated heterocycles. The van der Waals surface area contributed by atoms with E-state index in [1.165, 1.54) is 7.11 Å². The third-order valence-corrected chi connectivity index (χ3v) is 4.31. The van der Waals surface area contributed by atoms with Crippen molar-refractivity contribution in [3.8, 4) is 0 Å². The van der Waals surface area contributed by atoms with Gasteiger partial charge in [0, 0.05) is 11.4 Å². The molecule has 0 fully saturated rings. The Balaban J connectivity index is 1.81. The standard InChI is InChI=1S/C20H23ClO3/c1-24-20(23)4-2-3-15-5-10-17(11-6-15)19(22)14-9-16-7-12-18(21)13-8-16/h5-8,10-13,19,22H,2-4,9,14H2,1H3. The Labute approximate surface area is 148 Å². The summed E-state index contributed by atoms with van der Waals surface area (Å²) >= 11 is 5.87. The summed E-state index contributed by atoms with van der Waals surface area (Å²) in [6.45, 7) is 0. The fourth-order valence-corrected chi connectivity index (χ4v) is 2.69. The second-order valence-electron chi connectivity index (χ2n) is 5.85. The number of carbonyl (C=O) groups excluding carboxylic acids is 1. The highest BCUT2D eigenvalue weighted by Crippen LogP contribution is 2.21. The maximum absolute atomic E-state index is 11.1. The number of hydrogen-bond acceptors (Lipinski definition) is 3. The van der Waals surface area contributed by atoms with E-state index in [2.05, 4.69) is 4.74 Å². The quantitative estimate of drug-likeness (QED) is 0.716. The van der Waals surface area contributed by atoms with E-state index >= 15 is 0 Å². The molecule has 24 heavy (non-hydrogen) atoms. The topological polar surface area (TPSA) is 46.5 Å². The van der Waals surface area contributed by atoms with Crippen molar-refractivity contribution in [3.63, 3.8) is 0 Å². The van der Waals surface area contributed by atoms with Gasteiger partial charge in [0.15, 0.2) is 0 Å². The predicted octanol–water partition coefficient (Wildman–Crippen LogP) is 4.50. The van der Waals surface area contributed by atoms with Crippen LogP contribution in [-0.4, -0.2) is 18.2 Å². The number of benzene rings is 2. The Morgan fingerprint density at radius 3 is 2.25 bits per heavy atom. The second-order valence-corrected chi connectivity index (χ2v) is 6.29. The molecule has 0 aliphatic rings. The SMILES string of the molecule is COC(=O)CCCc1ccc(C(O)CCc2ccc(Cl)cc2)cc1. The Hall–Kier alpha value is -1.84. The average molecular weight is 347 g/mol. The lowest BCUT2D eigenvalue weighted by molar-refractivity contribution is -0.140. The number of methoxy groups -OCH3 is 1. The molecule has 0 spiro atoms. The summed E-state index contributed by atoms with van der Waals surface area (Å²) < 4.78 is 4.63. The molecule has 1 atom stereocenters. The molecule has 0 saturated carbocycles. The largest absolute Gasteiger partial charge is 0.469 e. The highest BCUT2D eigenvalue weighted by atomic mass is 35.5. The summed E-state index contributed by atoms with van der Waals surface area (Å²) in [5, 5.41) is 11.0. The van der Waals surface area contributed by atoms with Crippen molar-refractivity contribution in [2.75, 3.05) is 7.11 Å². The van der Waals surface area contributed by atoms with Crippen molar-refractivity contribution in [1.29, 1.82) is 0 Å². The zero-order chi connectivity index (χ0) is 17.4. The number of esters is 1. The van der Waals surface area contributed by atoms with Crippen LogP contribution >= 0.6 is 11.6 Å². The Bertz CT molecular complexity index is 635. The van der Waals surface area contributed by atoms with Gasteiger partial charge in [-0.3, -0.25) is 4.79 Å². The van der Waals surface area contributed by atoms with Crippen LogP contribution in [0.25, 0.3) is 0 Å². The van der Waals surface area contributed by atoms with Crippen molar-refractivity contribution < 1.29 is 14.6 Å². The molecular formula is C20H23ClO3. The molecule has 0 bridgehead atoms. The van der Waals surface area contributed by atoms with E-state index in [0.717, 1.165) is 41.0 Å². The third kappa shape index (κ3) is 5.99. The first-order valence-electron chi connectivity index (χ1n) is 8.16. The number of carbonyl (C=O) groups is 1. The number of halogens is 1. The van der Waals surface area contributed by atoms with Crippen LogP contribution in [0.5, 0.6) is 0 Å². The minimum atomic E-state index is -0.482. The van der Waals surface area contributed by atoms with E-state index in [9.17, 15) is 9.90 Å². The summed E-state index contributed by atoms with van der Waals surface area (Å²) in [6, 6.07) is 15.6. The van der Waals surface area contributed by atoms with Gasteiger partial charge in [-0.05, 0) is 54.5 Å². The van der Waals surface area contributed by atoms with Gasteiger partial charge in [0.05, 0.1) is 13.2 Å². The fourth-order valence-electron chi connectivity index (χ4n) is 2.57. The van der Waals surface area contributed by atoms with Crippen LogP contribution in [0.1, 0.15) is 42.1 Å². The lowest BCUT2D eigenvalue weighted by Crippen LogP contribution is -2.01. The van der Waals surface area contributed by atoms with Crippen LogP contribution in [0.4, 0.5) is 0 Å². The molecule has 0 radical (unpaired) electrons. The third-order valence-electron chi connectivity index (χ3n) is 4.06. The molecule has 1 N–H and O–H groups in total. The molecular weight excluding hydrogens is 324 g/mol. The first kappa shape index (κ1) is 18.5. The van der Waals surface area contributed by atoms with E-state index in [-0.39, 0.29) is 5.97 Å². The Morgan fingerprint density at radius 1 is 1.04 bits per heavy atom. The van der Waals surface area contributed by atoms with E-state index < -0.39 is 6.10 Å².